The van der Waals surface area contributed by atoms with E-state index in [9.17, 15) is 0 Å². The first-order chi connectivity index (χ1) is 15.3. The maximum Gasteiger partial charge on any atom is 0.193 e. The number of hydrogen-bond acceptors (Lipinski definition) is 5. The normalized spacial score (nSPS) is 18.4. The van der Waals surface area contributed by atoms with Crippen LogP contribution in [-0.2, 0) is 0 Å². The lowest BCUT2D eigenvalue weighted by molar-refractivity contribution is 0.255. The molecule has 3 heterocycles. The van der Waals surface area contributed by atoms with Gasteiger partial charge in [0.1, 0.15) is 5.82 Å². The van der Waals surface area contributed by atoms with Gasteiger partial charge in [0.25, 0.3) is 0 Å². The van der Waals surface area contributed by atoms with Crippen LogP contribution in [0.3, 0.4) is 0 Å². The lowest BCUT2D eigenvalue weighted by Crippen LogP contribution is -2.53. The molecule has 2 saturated heterocycles. The molecule has 0 radical (unpaired) electrons. The van der Waals surface area contributed by atoms with Gasteiger partial charge in [0.2, 0.25) is 0 Å². The van der Waals surface area contributed by atoms with Crippen molar-refractivity contribution in [3.05, 3.63) is 54.7 Å². The summed E-state index contributed by atoms with van der Waals surface area (Å²) < 4.78 is 0. The van der Waals surface area contributed by atoms with Crippen molar-refractivity contribution >= 4 is 17.5 Å². The number of rotatable bonds is 6. The van der Waals surface area contributed by atoms with Gasteiger partial charge < -0.3 is 20.0 Å². The maximum atomic E-state index is 4.51. The Kier molecular flexibility index (Phi) is 7.60. The fourth-order valence-electron chi connectivity index (χ4n) is 4.39. The van der Waals surface area contributed by atoms with E-state index in [1.807, 2.05) is 19.3 Å². The Labute approximate surface area is 186 Å². The van der Waals surface area contributed by atoms with Crippen molar-refractivity contribution in [3.63, 3.8) is 0 Å². The molecule has 0 aliphatic carbocycles. The number of aliphatic imine (C=N–C) groups is 1. The van der Waals surface area contributed by atoms with Gasteiger partial charge in [-0.2, -0.15) is 0 Å². The minimum absolute atomic E-state index is 0.964. The van der Waals surface area contributed by atoms with E-state index in [2.05, 4.69) is 77.4 Å². The largest absolute Gasteiger partial charge is 0.369 e. The molecular weight excluding hydrogens is 386 g/mol. The van der Waals surface area contributed by atoms with Crippen LogP contribution >= 0.6 is 0 Å². The molecular formula is C24H35N7. The molecule has 31 heavy (non-hydrogen) atoms. The number of aromatic nitrogens is 1. The Bertz CT molecular complexity index is 795. The molecule has 7 heteroatoms. The number of anilines is 2. The lowest BCUT2D eigenvalue weighted by Gasteiger charge is -2.37. The van der Waals surface area contributed by atoms with Gasteiger partial charge in [0, 0.05) is 77.8 Å². The highest BCUT2D eigenvalue weighted by Crippen LogP contribution is 2.15. The van der Waals surface area contributed by atoms with Crippen LogP contribution in [0.5, 0.6) is 0 Å². The van der Waals surface area contributed by atoms with E-state index in [4.69, 9.17) is 0 Å². The first kappa shape index (κ1) is 21.4. The predicted octanol–water partition coefficient (Wildman–Crippen LogP) is 1.99. The second kappa shape index (κ2) is 11.0. The van der Waals surface area contributed by atoms with E-state index in [-0.39, 0.29) is 0 Å². The molecule has 0 saturated carbocycles. The Morgan fingerprint density at radius 3 is 2.26 bits per heavy atom. The van der Waals surface area contributed by atoms with Crippen molar-refractivity contribution in [1.29, 1.82) is 0 Å². The maximum absolute atomic E-state index is 4.51. The van der Waals surface area contributed by atoms with Gasteiger partial charge in [0.15, 0.2) is 5.96 Å². The zero-order chi connectivity index (χ0) is 21.3. The lowest BCUT2D eigenvalue weighted by atomic mass is 10.2. The SMILES string of the molecule is CN=C(NCCCN1CCN(c2ccccc2)CC1)N1CCN(c2ccccn2)CC1. The molecule has 1 aromatic heterocycles. The Morgan fingerprint density at radius 2 is 1.58 bits per heavy atom. The number of piperazine rings is 2. The van der Waals surface area contributed by atoms with E-state index in [0.717, 1.165) is 83.6 Å². The fourth-order valence-corrected chi connectivity index (χ4v) is 4.39. The zero-order valence-corrected chi connectivity index (χ0v) is 18.7. The summed E-state index contributed by atoms with van der Waals surface area (Å²) >= 11 is 0. The molecule has 0 spiro atoms. The average molecular weight is 422 g/mol. The van der Waals surface area contributed by atoms with E-state index < -0.39 is 0 Å². The van der Waals surface area contributed by atoms with Crippen LogP contribution < -0.4 is 15.1 Å². The third-order valence-electron chi connectivity index (χ3n) is 6.19. The van der Waals surface area contributed by atoms with Gasteiger partial charge in [-0.3, -0.25) is 9.89 Å². The summed E-state index contributed by atoms with van der Waals surface area (Å²) in [4.78, 5) is 18.8. The number of hydrogen-bond donors (Lipinski definition) is 1. The van der Waals surface area contributed by atoms with Crippen molar-refractivity contribution in [1.82, 2.24) is 20.1 Å². The summed E-state index contributed by atoms with van der Waals surface area (Å²) in [6.45, 7) is 10.5. The second-order valence-corrected chi connectivity index (χ2v) is 8.15. The van der Waals surface area contributed by atoms with Crippen molar-refractivity contribution in [2.24, 2.45) is 4.99 Å². The molecule has 0 unspecified atom stereocenters. The van der Waals surface area contributed by atoms with E-state index in [0.29, 0.717) is 0 Å². The van der Waals surface area contributed by atoms with Gasteiger partial charge in [0.05, 0.1) is 0 Å². The zero-order valence-electron chi connectivity index (χ0n) is 18.7. The van der Waals surface area contributed by atoms with E-state index in [1.165, 1.54) is 5.69 Å². The quantitative estimate of drug-likeness (QED) is 0.437. The Hall–Kier alpha value is -2.80. The summed E-state index contributed by atoms with van der Waals surface area (Å²) in [5.74, 6) is 2.09. The van der Waals surface area contributed by atoms with Crippen LogP contribution in [0.1, 0.15) is 6.42 Å². The average Bonchev–Trinajstić information content (AvgIpc) is 2.86. The van der Waals surface area contributed by atoms with Gasteiger partial charge in [-0.1, -0.05) is 24.3 Å². The molecule has 2 fully saturated rings. The molecule has 7 nitrogen and oxygen atoms in total. The Morgan fingerprint density at radius 1 is 0.871 bits per heavy atom. The van der Waals surface area contributed by atoms with Crippen molar-refractivity contribution in [2.45, 2.75) is 6.42 Å². The number of nitrogens with zero attached hydrogens (tertiary/aromatic N) is 6. The molecule has 2 aromatic rings. The van der Waals surface area contributed by atoms with Crippen LogP contribution in [0, 0.1) is 0 Å². The predicted molar refractivity (Wildman–Crippen MR) is 129 cm³/mol. The molecule has 0 atom stereocenters. The van der Waals surface area contributed by atoms with Crippen LogP contribution in [0.25, 0.3) is 0 Å². The smallest absolute Gasteiger partial charge is 0.193 e. The molecule has 1 aromatic carbocycles. The Balaban J connectivity index is 1.13. The standard InChI is InChI=1S/C24H35N7/c1-25-24(31-20-18-30(19-21-31)23-10-5-6-11-26-23)27-12-7-13-28-14-16-29(17-15-28)22-8-3-2-4-9-22/h2-6,8-11H,7,12-21H2,1H3,(H,25,27). The number of benzene rings is 1. The number of nitrogens with one attached hydrogen (secondary N) is 1. The van der Waals surface area contributed by atoms with E-state index in [1.54, 1.807) is 0 Å². The monoisotopic (exact) mass is 421 g/mol. The summed E-state index contributed by atoms with van der Waals surface area (Å²) in [5.41, 5.74) is 1.34. The van der Waals surface area contributed by atoms with Crippen molar-refractivity contribution in [2.75, 3.05) is 82.3 Å². The summed E-state index contributed by atoms with van der Waals surface area (Å²) in [7, 11) is 1.89. The summed E-state index contributed by atoms with van der Waals surface area (Å²) in [6.07, 6.45) is 3.00. The molecule has 0 amide bonds. The molecule has 166 valence electrons. The molecule has 4 rings (SSSR count). The molecule has 1 N–H and O–H groups in total. The fraction of sp³-hybridized carbons (Fsp3) is 0.500. The van der Waals surface area contributed by atoms with Gasteiger partial charge >= 0.3 is 0 Å². The van der Waals surface area contributed by atoms with Gasteiger partial charge in [-0.15, -0.1) is 0 Å². The number of pyridine rings is 1. The first-order valence-corrected chi connectivity index (χ1v) is 11.5. The molecule has 2 aliphatic heterocycles. The highest BCUT2D eigenvalue weighted by atomic mass is 15.4. The highest BCUT2D eigenvalue weighted by molar-refractivity contribution is 5.80. The van der Waals surface area contributed by atoms with Crippen LogP contribution in [0.4, 0.5) is 11.5 Å². The number of guanidine groups is 1. The summed E-state index contributed by atoms with van der Waals surface area (Å²) in [6, 6.07) is 16.9. The van der Waals surface area contributed by atoms with Crippen molar-refractivity contribution < 1.29 is 0 Å². The first-order valence-electron chi connectivity index (χ1n) is 11.5. The van der Waals surface area contributed by atoms with E-state index >= 15 is 0 Å². The third kappa shape index (κ3) is 5.88. The van der Waals surface area contributed by atoms with Crippen LogP contribution in [0.15, 0.2) is 59.7 Å². The van der Waals surface area contributed by atoms with Crippen molar-refractivity contribution in [3.8, 4) is 0 Å². The summed E-state index contributed by atoms with van der Waals surface area (Å²) in [5, 5.41) is 3.57. The van der Waals surface area contributed by atoms with Gasteiger partial charge in [-0.05, 0) is 37.2 Å². The minimum atomic E-state index is 0.964. The number of para-hydroxylation sites is 1. The van der Waals surface area contributed by atoms with Gasteiger partial charge in [-0.25, -0.2) is 4.98 Å². The molecule has 2 aliphatic rings. The van der Waals surface area contributed by atoms with Crippen LogP contribution in [-0.4, -0.2) is 93.2 Å². The molecule has 0 bridgehead atoms. The highest BCUT2D eigenvalue weighted by Gasteiger charge is 2.20. The minimum Gasteiger partial charge on any atom is -0.369 e. The topological polar surface area (TPSA) is 50.2 Å². The third-order valence-corrected chi connectivity index (χ3v) is 6.19. The van der Waals surface area contributed by atoms with Crippen LogP contribution in [0.2, 0.25) is 0 Å². The second-order valence-electron chi connectivity index (χ2n) is 8.15.